The maximum absolute atomic E-state index is 13.4. The molecule has 1 aliphatic heterocycles. The third-order valence-electron chi connectivity index (χ3n) is 5.65. The van der Waals surface area contributed by atoms with Gasteiger partial charge in [-0.3, -0.25) is 14.2 Å². The molecule has 1 fully saturated rings. The summed E-state index contributed by atoms with van der Waals surface area (Å²) in [5, 5.41) is 9.23. The number of carboxylic acid groups (broad SMARTS) is 1. The second-order valence-electron chi connectivity index (χ2n) is 7.91. The lowest BCUT2D eigenvalue weighted by atomic mass is 10.2. The Morgan fingerprint density at radius 1 is 1.06 bits per heavy atom. The molecule has 1 saturated heterocycles. The van der Waals surface area contributed by atoms with Gasteiger partial charge in [0.25, 0.3) is 5.56 Å². The third-order valence-corrected chi connectivity index (χ3v) is 5.65. The maximum atomic E-state index is 13.4. The van der Waals surface area contributed by atoms with Crippen LogP contribution in [-0.4, -0.2) is 74.4 Å². The molecule has 1 aliphatic rings. The van der Waals surface area contributed by atoms with Crippen molar-refractivity contribution in [2.75, 3.05) is 37.7 Å². The highest BCUT2D eigenvalue weighted by Crippen LogP contribution is 2.18. The number of esters is 1. The second kappa shape index (κ2) is 10.8. The van der Waals surface area contributed by atoms with E-state index in [1.807, 2.05) is 12.1 Å². The first-order valence-electron chi connectivity index (χ1n) is 11.3. The minimum atomic E-state index is -0.985. The molecule has 11 heteroatoms. The van der Waals surface area contributed by atoms with E-state index in [0.717, 1.165) is 5.56 Å². The number of anilines is 1. The Kier molecular flexibility index (Phi) is 7.34. The number of benzene rings is 1. The highest BCUT2D eigenvalue weighted by Gasteiger charge is 2.24. The van der Waals surface area contributed by atoms with Crippen molar-refractivity contribution in [3.05, 3.63) is 65.0 Å². The number of ether oxygens (including phenoxy) is 1. The summed E-state index contributed by atoms with van der Waals surface area (Å²) in [6.07, 6.45) is 4.41. The number of carbonyl (C=O) groups is 2. The number of rotatable bonds is 7. The largest absolute Gasteiger partial charge is 0.466 e. The van der Waals surface area contributed by atoms with Gasteiger partial charge in [0.15, 0.2) is 11.6 Å². The van der Waals surface area contributed by atoms with Gasteiger partial charge in [-0.05, 0) is 37.3 Å². The number of carbonyl (C=O) groups excluding carboxylic acids is 1. The summed E-state index contributed by atoms with van der Waals surface area (Å²) in [5.41, 5.74) is 1.67. The molecule has 0 spiro atoms. The average Bonchev–Trinajstić information content (AvgIpc) is 2.89. The van der Waals surface area contributed by atoms with Crippen LogP contribution in [0.3, 0.4) is 0 Å². The Balaban J connectivity index is 1.66. The lowest BCUT2D eigenvalue weighted by Gasteiger charge is -2.33. The minimum absolute atomic E-state index is 0.134. The molecule has 1 N–H and O–H groups in total. The predicted octanol–water partition coefficient (Wildman–Crippen LogP) is 1.99. The van der Waals surface area contributed by atoms with E-state index in [0.29, 0.717) is 43.3 Å². The number of nitrogens with zero attached hydrogens (tertiary/aromatic N) is 6. The zero-order valence-electron chi connectivity index (χ0n) is 19.3. The first kappa shape index (κ1) is 23.9. The molecule has 182 valence electrons. The fourth-order valence-corrected chi connectivity index (χ4v) is 3.84. The van der Waals surface area contributed by atoms with Crippen molar-refractivity contribution < 1.29 is 19.4 Å². The second-order valence-corrected chi connectivity index (χ2v) is 7.91. The van der Waals surface area contributed by atoms with Gasteiger partial charge in [-0.1, -0.05) is 0 Å². The van der Waals surface area contributed by atoms with Gasteiger partial charge in [-0.15, -0.1) is 0 Å². The van der Waals surface area contributed by atoms with E-state index in [2.05, 4.69) is 15.0 Å². The summed E-state index contributed by atoms with van der Waals surface area (Å²) in [7, 11) is 0. The van der Waals surface area contributed by atoms with E-state index < -0.39 is 6.09 Å². The van der Waals surface area contributed by atoms with E-state index in [9.17, 15) is 19.5 Å². The van der Waals surface area contributed by atoms with Crippen LogP contribution in [0.4, 0.5) is 10.6 Å². The average molecular weight is 479 g/mol. The van der Waals surface area contributed by atoms with E-state index >= 15 is 0 Å². The van der Waals surface area contributed by atoms with Crippen LogP contribution in [0.1, 0.15) is 19.0 Å². The Hall–Kier alpha value is -4.28. The Bertz CT molecular complexity index is 1240. The van der Waals surface area contributed by atoms with E-state index in [1.165, 1.54) is 9.47 Å². The molecule has 4 rings (SSSR count). The highest BCUT2D eigenvalue weighted by molar-refractivity contribution is 5.69. The first-order chi connectivity index (χ1) is 17.0. The summed E-state index contributed by atoms with van der Waals surface area (Å²) in [6, 6.07) is 9.01. The van der Waals surface area contributed by atoms with Gasteiger partial charge in [-0.2, -0.15) is 0 Å². The van der Waals surface area contributed by atoms with Gasteiger partial charge in [0.1, 0.15) is 0 Å². The van der Waals surface area contributed by atoms with Crippen molar-refractivity contribution in [3.63, 3.8) is 0 Å². The summed E-state index contributed by atoms with van der Waals surface area (Å²) in [4.78, 5) is 52.7. The number of piperazine rings is 1. The fourth-order valence-electron chi connectivity index (χ4n) is 3.84. The normalized spacial score (nSPS) is 13.5. The summed E-state index contributed by atoms with van der Waals surface area (Å²) in [6.45, 7) is 3.28. The predicted molar refractivity (Wildman–Crippen MR) is 128 cm³/mol. The number of hydrogen-bond acceptors (Lipinski definition) is 8. The van der Waals surface area contributed by atoms with Gasteiger partial charge in [-0.25, -0.2) is 19.7 Å². The van der Waals surface area contributed by atoms with Crippen LogP contribution in [0.2, 0.25) is 0 Å². The third kappa shape index (κ3) is 5.62. The van der Waals surface area contributed by atoms with Crippen molar-refractivity contribution in [1.82, 2.24) is 24.4 Å². The topological polar surface area (TPSA) is 131 Å². The molecule has 0 radical (unpaired) electrons. The lowest BCUT2D eigenvalue weighted by molar-refractivity contribution is -0.143. The molecule has 0 atom stereocenters. The van der Waals surface area contributed by atoms with Crippen molar-refractivity contribution >= 4 is 17.9 Å². The minimum Gasteiger partial charge on any atom is -0.466 e. The van der Waals surface area contributed by atoms with Crippen LogP contribution in [0.5, 0.6) is 0 Å². The van der Waals surface area contributed by atoms with E-state index in [4.69, 9.17) is 4.74 Å². The summed E-state index contributed by atoms with van der Waals surface area (Å²) in [5.74, 6) is 0.469. The van der Waals surface area contributed by atoms with Crippen LogP contribution in [0.15, 0.2) is 53.7 Å². The molecule has 0 unspecified atom stereocenters. The smallest absolute Gasteiger partial charge is 0.407 e. The Morgan fingerprint density at radius 3 is 2.37 bits per heavy atom. The lowest BCUT2D eigenvalue weighted by Crippen LogP contribution is -2.50. The standard InChI is InChI=1S/C24H26N6O5/c1-2-35-20(31)9-6-18-16-30(19-7-4-17(5-8-19)21-25-10-3-11-26-21)23(32)22(27-18)28-12-14-29(15-13-28)24(33)34/h3-5,7-8,10-11,16H,2,6,9,12-15H2,1H3,(H,33,34). The van der Waals surface area contributed by atoms with Crippen LogP contribution in [0.25, 0.3) is 17.1 Å². The fraction of sp³-hybridized carbons (Fsp3) is 0.333. The molecule has 3 heterocycles. The SMILES string of the molecule is CCOC(=O)CCc1cn(-c2ccc(-c3ncccn3)cc2)c(=O)c(N2CCN(C(=O)O)CC2)n1. The van der Waals surface area contributed by atoms with Crippen LogP contribution in [0, 0.1) is 0 Å². The molecular weight excluding hydrogens is 452 g/mol. The highest BCUT2D eigenvalue weighted by atomic mass is 16.5. The number of aryl methyl sites for hydroxylation is 1. The quantitative estimate of drug-likeness (QED) is 0.507. The summed E-state index contributed by atoms with van der Waals surface area (Å²) < 4.78 is 6.52. The van der Waals surface area contributed by atoms with Crippen molar-refractivity contribution in [3.8, 4) is 17.1 Å². The van der Waals surface area contributed by atoms with Gasteiger partial charge in [0, 0.05) is 62.4 Å². The maximum Gasteiger partial charge on any atom is 0.407 e. The molecule has 0 saturated carbocycles. The van der Waals surface area contributed by atoms with Crippen molar-refractivity contribution in [1.29, 1.82) is 0 Å². The molecule has 0 bridgehead atoms. The van der Waals surface area contributed by atoms with Crippen molar-refractivity contribution in [2.45, 2.75) is 19.8 Å². The molecule has 1 amide bonds. The molecule has 3 aromatic rings. The number of aromatic nitrogens is 4. The van der Waals surface area contributed by atoms with Crippen LogP contribution < -0.4 is 10.5 Å². The van der Waals surface area contributed by atoms with Gasteiger partial charge in [0.2, 0.25) is 0 Å². The summed E-state index contributed by atoms with van der Waals surface area (Å²) >= 11 is 0. The molecule has 0 aliphatic carbocycles. The van der Waals surface area contributed by atoms with Gasteiger partial charge < -0.3 is 19.6 Å². The molecular formula is C24H26N6O5. The zero-order valence-corrected chi connectivity index (χ0v) is 19.3. The van der Waals surface area contributed by atoms with Crippen molar-refractivity contribution in [2.24, 2.45) is 0 Å². The monoisotopic (exact) mass is 478 g/mol. The molecule has 2 aromatic heterocycles. The molecule has 11 nitrogen and oxygen atoms in total. The van der Waals surface area contributed by atoms with E-state index in [1.54, 1.807) is 48.6 Å². The van der Waals surface area contributed by atoms with Crippen LogP contribution >= 0.6 is 0 Å². The molecule has 1 aromatic carbocycles. The zero-order chi connectivity index (χ0) is 24.8. The number of hydrogen-bond donors (Lipinski definition) is 1. The molecule has 35 heavy (non-hydrogen) atoms. The number of amides is 1. The van der Waals surface area contributed by atoms with E-state index in [-0.39, 0.29) is 36.9 Å². The van der Waals surface area contributed by atoms with Crippen LogP contribution in [-0.2, 0) is 16.0 Å². The van der Waals surface area contributed by atoms with Gasteiger partial charge >= 0.3 is 12.1 Å². The first-order valence-corrected chi connectivity index (χ1v) is 11.3. The van der Waals surface area contributed by atoms with Gasteiger partial charge in [0.05, 0.1) is 18.7 Å². The Morgan fingerprint density at radius 2 is 1.74 bits per heavy atom. The Labute approximate surface area is 201 Å².